The molecular weight excluding hydrogens is 359 g/mol. The normalized spacial score (nSPS) is 12.3. The van der Waals surface area contributed by atoms with E-state index in [-0.39, 0.29) is 0 Å². The number of hydrogen-bond donors (Lipinski definition) is 0. The van der Waals surface area contributed by atoms with Crippen molar-refractivity contribution in [2.24, 2.45) is 0 Å². The molecule has 0 fully saturated rings. The molecule has 2 heteroatoms. The van der Waals surface area contributed by atoms with Crippen LogP contribution in [0.1, 0.15) is 123 Å². The van der Waals surface area contributed by atoms with Crippen LogP contribution in [0.3, 0.4) is 0 Å². The largest absolute Gasteiger partial charge is 0.127 e. The van der Waals surface area contributed by atoms with Gasteiger partial charge in [-0.3, -0.25) is 0 Å². The molecule has 0 N–H and O–H groups in total. The second-order valence-corrected chi connectivity index (χ2v) is 7.61. The van der Waals surface area contributed by atoms with E-state index in [0.29, 0.717) is 11.8 Å². The van der Waals surface area contributed by atoms with E-state index in [4.69, 9.17) is 23.2 Å². The molecule has 1 aromatic rings. The van der Waals surface area contributed by atoms with Crippen LogP contribution in [0.2, 0.25) is 5.02 Å². The minimum absolute atomic E-state index is 0.602. The standard InChI is InChI=1S/C19H31Cl.C3H7Cl.C2H6/c1-5-8-9-11-16(10-6-2)18-12-17(15(4)7-3)13-19(20)14-18;1-2-3-4;1-2/h12-16H,5-11H2,1-4H3;2-3H2,1H3;1-2H3. The number of hydrogen-bond acceptors (Lipinski definition) is 0. The molecular formula is C24H44Cl2. The minimum Gasteiger partial charge on any atom is -0.127 e. The van der Waals surface area contributed by atoms with Crippen molar-refractivity contribution in [1.82, 2.24) is 0 Å². The molecule has 0 aliphatic rings. The fourth-order valence-corrected chi connectivity index (χ4v) is 3.11. The Bertz CT molecular complexity index is 413. The van der Waals surface area contributed by atoms with E-state index in [0.717, 1.165) is 17.3 Å². The maximum atomic E-state index is 6.36. The van der Waals surface area contributed by atoms with Gasteiger partial charge in [-0.2, -0.15) is 0 Å². The molecule has 0 amide bonds. The van der Waals surface area contributed by atoms with Gasteiger partial charge in [0.05, 0.1) is 0 Å². The Morgan fingerprint density at radius 3 is 1.85 bits per heavy atom. The molecule has 0 bridgehead atoms. The highest BCUT2D eigenvalue weighted by Gasteiger charge is 2.14. The molecule has 0 saturated heterocycles. The zero-order valence-electron chi connectivity index (χ0n) is 18.5. The Morgan fingerprint density at radius 2 is 1.38 bits per heavy atom. The molecule has 0 radical (unpaired) electrons. The van der Waals surface area contributed by atoms with Crippen LogP contribution in [0, 0.1) is 0 Å². The lowest BCUT2D eigenvalue weighted by molar-refractivity contribution is 0.528. The lowest BCUT2D eigenvalue weighted by Crippen LogP contribution is -2.01. The number of alkyl halides is 1. The summed E-state index contributed by atoms with van der Waals surface area (Å²) in [5.41, 5.74) is 2.87. The average molecular weight is 404 g/mol. The van der Waals surface area contributed by atoms with Crippen molar-refractivity contribution in [2.45, 2.75) is 112 Å². The summed E-state index contributed by atoms with van der Waals surface area (Å²) in [6.07, 6.45) is 10.1. The lowest BCUT2D eigenvalue weighted by atomic mass is 9.86. The average Bonchev–Trinajstić information content (AvgIpc) is 2.68. The van der Waals surface area contributed by atoms with Gasteiger partial charge in [-0.1, -0.05) is 91.8 Å². The predicted octanol–water partition coefficient (Wildman–Crippen LogP) is 9.98. The smallest absolute Gasteiger partial charge is 0.0411 e. The first-order chi connectivity index (χ1) is 12.5. The molecule has 0 aliphatic carbocycles. The third-order valence-corrected chi connectivity index (χ3v) is 5.17. The van der Waals surface area contributed by atoms with Crippen molar-refractivity contribution < 1.29 is 0 Å². The Balaban J connectivity index is 0. The molecule has 2 atom stereocenters. The molecule has 0 nitrogen and oxygen atoms in total. The molecule has 26 heavy (non-hydrogen) atoms. The molecule has 154 valence electrons. The van der Waals surface area contributed by atoms with Crippen LogP contribution in [-0.2, 0) is 0 Å². The molecule has 1 aromatic carbocycles. The maximum Gasteiger partial charge on any atom is 0.0411 e. The third kappa shape index (κ3) is 13.0. The highest BCUT2D eigenvalue weighted by molar-refractivity contribution is 6.30. The van der Waals surface area contributed by atoms with Crippen LogP contribution in [0.25, 0.3) is 0 Å². The minimum atomic E-state index is 0.602. The van der Waals surface area contributed by atoms with Crippen molar-refractivity contribution in [3.63, 3.8) is 0 Å². The quantitative estimate of drug-likeness (QED) is 0.269. The van der Waals surface area contributed by atoms with Crippen LogP contribution < -0.4 is 0 Å². The first-order valence-electron chi connectivity index (χ1n) is 10.9. The monoisotopic (exact) mass is 402 g/mol. The summed E-state index contributed by atoms with van der Waals surface area (Å²) in [5, 5.41) is 0.911. The van der Waals surface area contributed by atoms with Gasteiger partial charge in [0, 0.05) is 10.9 Å². The van der Waals surface area contributed by atoms with Crippen molar-refractivity contribution in [2.75, 3.05) is 5.88 Å². The van der Waals surface area contributed by atoms with E-state index in [2.05, 4.69) is 45.9 Å². The van der Waals surface area contributed by atoms with Gasteiger partial charge in [-0.05, 0) is 60.8 Å². The SMILES string of the molecule is CC.CCCCCC(CCC)c1cc(Cl)cc(C(C)CC)c1.CCCCl. The van der Waals surface area contributed by atoms with E-state index in [1.807, 2.05) is 20.8 Å². The van der Waals surface area contributed by atoms with Gasteiger partial charge in [0.15, 0.2) is 0 Å². The molecule has 0 spiro atoms. The molecule has 0 aromatic heterocycles. The summed E-state index contributed by atoms with van der Waals surface area (Å²) in [5.74, 6) is 2.08. The van der Waals surface area contributed by atoms with E-state index >= 15 is 0 Å². The van der Waals surface area contributed by atoms with E-state index in [1.54, 1.807) is 0 Å². The highest BCUT2D eigenvalue weighted by atomic mass is 35.5. The van der Waals surface area contributed by atoms with Gasteiger partial charge in [-0.15, -0.1) is 11.6 Å². The third-order valence-electron chi connectivity index (χ3n) is 4.58. The Labute approximate surface area is 175 Å². The Morgan fingerprint density at radius 1 is 0.808 bits per heavy atom. The zero-order chi connectivity index (χ0) is 20.4. The maximum absolute atomic E-state index is 6.36. The lowest BCUT2D eigenvalue weighted by Gasteiger charge is -2.19. The number of unbranched alkanes of at least 4 members (excludes halogenated alkanes) is 2. The molecule has 2 unspecified atom stereocenters. The van der Waals surface area contributed by atoms with E-state index in [9.17, 15) is 0 Å². The molecule has 0 saturated carbocycles. The number of halogens is 2. The van der Waals surface area contributed by atoms with Gasteiger partial charge >= 0.3 is 0 Å². The first-order valence-corrected chi connectivity index (χ1v) is 11.8. The zero-order valence-corrected chi connectivity index (χ0v) is 20.0. The second kappa shape index (κ2) is 19.6. The van der Waals surface area contributed by atoms with Crippen molar-refractivity contribution in [3.8, 4) is 0 Å². The van der Waals surface area contributed by atoms with Crippen LogP contribution in [-0.4, -0.2) is 5.88 Å². The predicted molar refractivity (Wildman–Crippen MR) is 124 cm³/mol. The summed E-state index contributed by atoms with van der Waals surface area (Å²) < 4.78 is 0. The highest BCUT2D eigenvalue weighted by Crippen LogP contribution is 2.32. The molecule has 0 aliphatic heterocycles. The van der Waals surface area contributed by atoms with Crippen LogP contribution in [0.15, 0.2) is 18.2 Å². The van der Waals surface area contributed by atoms with Gasteiger partial charge in [0.2, 0.25) is 0 Å². The van der Waals surface area contributed by atoms with Gasteiger partial charge in [0.1, 0.15) is 0 Å². The fourth-order valence-electron chi connectivity index (χ4n) is 2.86. The molecule has 0 heterocycles. The summed E-state index contributed by atoms with van der Waals surface area (Å²) in [7, 11) is 0. The topological polar surface area (TPSA) is 0 Å². The van der Waals surface area contributed by atoms with Gasteiger partial charge in [0.25, 0.3) is 0 Å². The number of rotatable bonds is 10. The van der Waals surface area contributed by atoms with Crippen molar-refractivity contribution >= 4 is 23.2 Å². The van der Waals surface area contributed by atoms with Crippen LogP contribution >= 0.6 is 23.2 Å². The summed E-state index contributed by atoms with van der Waals surface area (Å²) >= 11 is 11.5. The van der Waals surface area contributed by atoms with E-state index in [1.165, 1.54) is 56.1 Å². The van der Waals surface area contributed by atoms with Gasteiger partial charge in [-0.25, -0.2) is 0 Å². The van der Waals surface area contributed by atoms with Crippen molar-refractivity contribution in [3.05, 3.63) is 34.3 Å². The van der Waals surface area contributed by atoms with Crippen LogP contribution in [0.4, 0.5) is 0 Å². The van der Waals surface area contributed by atoms with Crippen LogP contribution in [0.5, 0.6) is 0 Å². The van der Waals surface area contributed by atoms with E-state index < -0.39 is 0 Å². The fraction of sp³-hybridized carbons (Fsp3) is 0.750. The number of benzene rings is 1. The Kier molecular flexibility index (Phi) is 21.1. The van der Waals surface area contributed by atoms with Gasteiger partial charge < -0.3 is 0 Å². The Hall–Kier alpha value is -0.200. The summed E-state index contributed by atoms with van der Waals surface area (Å²) in [4.78, 5) is 0. The first kappa shape index (κ1) is 28.0. The summed E-state index contributed by atoms with van der Waals surface area (Å²) in [6.45, 7) is 15.1. The second-order valence-electron chi connectivity index (χ2n) is 6.80. The molecule has 1 rings (SSSR count). The summed E-state index contributed by atoms with van der Waals surface area (Å²) in [6, 6.07) is 6.75. The van der Waals surface area contributed by atoms with Crippen molar-refractivity contribution in [1.29, 1.82) is 0 Å².